The third kappa shape index (κ3) is 12.6. The molecule has 2 aromatic carbocycles. The van der Waals surface area contributed by atoms with Crippen molar-refractivity contribution in [1.82, 2.24) is 20.3 Å². The summed E-state index contributed by atoms with van der Waals surface area (Å²) in [5, 5.41) is 45.0. The Labute approximate surface area is 308 Å². The molecule has 0 spiro atoms. The van der Waals surface area contributed by atoms with Crippen LogP contribution in [-0.2, 0) is 21.4 Å². The molecule has 2 aromatic rings. The number of benzene rings is 2. The van der Waals surface area contributed by atoms with Crippen LogP contribution in [0.25, 0.3) is 0 Å². The second kappa shape index (κ2) is 19.7. The van der Waals surface area contributed by atoms with E-state index in [0.29, 0.717) is 54.4 Å². The van der Waals surface area contributed by atoms with E-state index in [9.17, 15) is 33.5 Å². The van der Waals surface area contributed by atoms with Crippen LogP contribution < -0.4 is 20.7 Å². The molecule has 0 bridgehead atoms. The fourth-order valence-corrected chi connectivity index (χ4v) is 7.21. The maximum atomic E-state index is 13.8. The van der Waals surface area contributed by atoms with Gasteiger partial charge in [-0.05, 0) is 128 Å². The van der Waals surface area contributed by atoms with Crippen LogP contribution in [0.5, 0.6) is 5.75 Å². The molecule has 15 heteroatoms. The lowest BCUT2D eigenvalue weighted by atomic mass is 9.94. The Morgan fingerprint density at radius 2 is 1.31 bits per heavy atom. The molecule has 0 aliphatic heterocycles. The first kappa shape index (κ1) is 44.1. The molecule has 0 heterocycles. The van der Waals surface area contributed by atoms with Gasteiger partial charge in [-0.1, -0.05) is 36.3 Å². The molecule has 0 aliphatic rings. The molecule has 52 heavy (non-hydrogen) atoms. The van der Waals surface area contributed by atoms with Crippen molar-refractivity contribution in [1.29, 1.82) is 0 Å². The van der Waals surface area contributed by atoms with Crippen LogP contribution in [0.3, 0.4) is 0 Å². The fourth-order valence-electron chi connectivity index (χ4n) is 5.51. The second-order valence-electron chi connectivity index (χ2n) is 14.4. The number of carboxylic acid groups (broad SMARTS) is 1. The summed E-state index contributed by atoms with van der Waals surface area (Å²) in [6.07, 6.45) is 2.29. The third-order valence-corrected chi connectivity index (χ3v) is 11.4. The largest absolute Gasteiger partial charge is 0.497 e. The molecule has 0 saturated heterocycles. The lowest BCUT2D eigenvalue weighted by molar-refractivity contribution is -0.143. The summed E-state index contributed by atoms with van der Waals surface area (Å²) in [7, 11) is -2.76. The molecule has 1 atom stereocenters. The number of hydrogen-bond acceptors (Lipinski definition) is 11. The molecule has 0 saturated carbocycles. The third-order valence-electron chi connectivity index (χ3n) is 9.60. The Hall–Kier alpha value is -4.05. The number of carboxylic acids is 1. The standard InChI is InChI=1S/C37H58N6O8S/c1-25(2)33(35(45)46)43(52(49,50)32-16-14-31(51-9)15-17-32)24-29-10-12-30(13-11-29)34(44)38-21-18-28(19-22-39-36(5,6)26(3)41-47)20-23-40-37(7,8)27(4)42-48/h10-17,25,28,33,39-40,47-48H,18-24H2,1-9H3,(H,38,44)(H,45,46). The van der Waals surface area contributed by atoms with Crippen LogP contribution in [0.15, 0.2) is 63.7 Å². The predicted octanol–water partition coefficient (Wildman–Crippen LogP) is 4.95. The summed E-state index contributed by atoms with van der Waals surface area (Å²) < 4.78 is 33.7. The van der Waals surface area contributed by atoms with E-state index in [2.05, 4.69) is 26.3 Å². The summed E-state index contributed by atoms with van der Waals surface area (Å²) >= 11 is 0. The zero-order chi connectivity index (χ0) is 39.3. The lowest BCUT2D eigenvalue weighted by Gasteiger charge is -2.30. The fraction of sp³-hybridized carbons (Fsp3) is 0.568. The highest BCUT2D eigenvalue weighted by Crippen LogP contribution is 2.27. The average molecular weight is 747 g/mol. The number of aliphatic carboxylic acids is 1. The quantitative estimate of drug-likeness (QED) is 0.0544. The number of oxime groups is 2. The minimum atomic E-state index is -4.23. The van der Waals surface area contributed by atoms with E-state index in [0.717, 1.165) is 17.1 Å². The first-order valence-corrected chi connectivity index (χ1v) is 18.9. The van der Waals surface area contributed by atoms with Gasteiger partial charge in [0.05, 0.1) is 34.5 Å². The van der Waals surface area contributed by atoms with Crippen molar-refractivity contribution < 1.29 is 38.3 Å². The van der Waals surface area contributed by atoms with Gasteiger partial charge in [-0.3, -0.25) is 9.59 Å². The Balaban J connectivity index is 2.15. The van der Waals surface area contributed by atoms with Crippen molar-refractivity contribution in [3.8, 4) is 5.75 Å². The van der Waals surface area contributed by atoms with Crippen LogP contribution in [0, 0.1) is 11.8 Å². The SMILES string of the molecule is COc1ccc(S(=O)(=O)N(Cc2ccc(C(=O)NCCC(CCNC(C)(C)C(C)=NO)CCNC(C)(C)C(C)=NO)cc2)C(C(=O)O)C(C)C)cc1. The number of rotatable bonds is 22. The van der Waals surface area contributed by atoms with Crippen molar-refractivity contribution in [3.05, 3.63) is 59.7 Å². The Bertz CT molecular complexity index is 1590. The van der Waals surface area contributed by atoms with E-state index in [-0.39, 0.29) is 23.3 Å². The van der Waals surface area contributed by atoms with Crippen LogP contribution in [0.1, 0.15) is 90.6 Å². The molecule has 0 radical (unpaired) electrons. The van der Waals surface area contributed by atoms with Gasteiger partial charge in [0.1, 0.15) is 11.8 Å². The van der Waals surface area contributed by atoms with Crippen molar-refractivity contribution in [2.24, 2.45) is 22.1 Å². The molecule has 2 rings (SSSR count). The molecule has 0 aromatic heterocycles. The van der Waals surface area contributed by atoms with Gasteiger partial charge in [0.25, 0.3) is 5.91 Å². The maximum Gasteiger partial charge on any atom is 0.322 e. The molecule has 290 valence electrons. The minimum absolute atomic E-state index is 0.0586. The summed E-state index contributed by atoms with van der Waals surface area (Å²) in [6.45, 7) is 16.1. The lowest BCUT2D eigenvalue weighted by Crippen LogP contribution is -2.47. The number of methoxy groups -OCH3 is 1. The number of amides is 1. The molecule has 0 fully saturated rings. The highest BCUT2D eigenvalue weighted by atomic mass is 32.2. The first-order valence-electron chi connectivity index (χ1n) is 17.4. The molecule has 1 amide bonds. The molecular weight excluding hydrogens is 689 g/mol. The summed E-state index contributed by atoms with van der Waals surface area (Å²) in [4.78, 5) is 25.4. The highest BCUT2D eigenvalue weighted by Gasteiger charge is 2.38. The van der Waals surface area contributed by atoms with Crippen LogP contribution >= 0.6 is 0 Å². The van der Waals surface area contributed by atoms with Gasteiger partial charge in [0, 0.05) is 18.7 Å². The van der Waals surface area contributed by atoms with E-state index in [1.165, 1.54) is 31.4 Å². The Kier molecular flexibility index (Phi) is 16.7. The topological polar surface area (TPSA) is 202 Å². The molecular formula is C37H58N6O8S. The number of sulfonamides is 1. The number of ether oxygens (including phenoxy) is 1. The zero-order valence-electron chi connectivity index (χ0n) is 31.9. The number of carbonyl (C=O) groups excluding carboxylic acids is 1. The van der Waals surface area contributed by atoms with Crippen LogP contribution in [0.2, 0.25) is 0 Å². The van der Waals surface area contributed by atoms with Gasteiger partial charge in [-0.25, -0.2) is 8.42 Å². The first-order chi connectivity index (χ1) is 24.3. The van der Waals surface area contributed by atoms with E-state index in [1.807, 2.05) is 27.7 Å². The Morgan fingerprint density at radius 3 is 1.73 bits per heavy atom. The normalized spacial score (nSPS) is 14.4. The van der Waals surface area contributed by atoms with Gasteiger partial charge in [-0.2, -0.15) is 4.31 Å². The smallest absolute Gasteiger partial charge is 0.322 e. The molecule has 1 unspecified atom stereocenters. The van der Waals surface area contributed by atoms with E-state index in [1.54, 1.807) is 52.0 Å². The average Bonchev–Trinajstić information content (AvgIpc) is 3.10. The zero-order valence-corrected chi connectivity index (χ0v) is 32.7. The van der Waals surface area contributed by atoms with Crippen LogP contribution in [0.4, 0.5) is 0 Å². The van der Waals surface area contributed by atoms with E-state index in [4.69, 9.17) is 4.74 Å². The molecule has 6 N–H and O–H groups in total. The van der Waals surface area contributed by atoms with Crippen molar-refractivity contribution in [3.63, 3.8) is 0 Å². The van der Waals surface area contributed by atoms with Gasteiger partial charge >= 0.3 is 5.97 Å². The molecule has 0 aliphatic carbocycles. The van der Waals surface area contributed by atoms with Gasteiger partial charge in [0.15, 0.2) is 0 Å². The molecule has 14 nitrogen and oxygen atoms in total. The summed E-state index contributed by atoms with van der Waals surface area (Å²) in [5.41, 5.74) is 1.06. The Morgan fingerprint density at radius 1 is 0.827 bits per heavy atom. The number of hydrogen-bond donors (Lipinski definition) is 6. The van der Waals surface area contributed by atoms with Crippen LogP contribution in [-0.4, -0.2) is 95.4 Å². The van der Waals surface area contributed by atoms with Crippen molar-refractivity contribution >= 4 is 33.3 Å². The predicted molar refractivity (Wildman–Crippen MR) is 202 cm³/mol. The number of carbonyl (C=O) groups is 2. The monoisotopic (exact) mass is 746 g/mol. The number of nitrogens with one attached hydrogen (secondary N) is 3. The highest BCUT2D eigenvalue weighted by molar-refractivity contribution is 7.89. The van der Waals surface area contributed by atoms with Crippen molar-refractivity contribution in [2.75, 3.05) is 26.7 Å². The van der Waals surface area contributed by atoms with Crippen molar-refractivity contribution in [2.45, 2.75) is 103 Å². The maximum absolute atomic E-state index is 13.8. The van der Waals surface area contributed by atoms with Gasteiger partial charge in [0.2, 0.25) is 10.0 Å². The minimum Gasteiger partial charge on any atom is -0.497 e. The second-order valence-corrected chi connectivity index (χ2v) is 16.3. The van der Waals surface area contributed by atoms with Gasteiger partial charge < -0.3 is 36.2 Å². The summed E-state index contributed by atoms with van der Waals surface area (Å²) in [6, 6.07) is 10.9. The summed E-state index contributed by atoms with van der Waals surface area (Å²) in [5.74, 6) is -1.39. The van der Waals surface area contributed by atoms with Gasteiger partial charge in [-0.15, -0.1) is 0 Å². The van der Waals surface area contributed by atoms with E-state index < -0.39 is 39.0 Å². The van der Waals surface area contributed by atoms with E-state index >= 15 is 0 Å². The number of nitrogens with zero attached hydrogens (tertiary/aromatic N) is 3.